The van der Waals surface area contributed by atoms with Gasteiger partial charge in [0.2, 0.25) is 19.7 Å². The molecule has 0 aliphatic rings. The first-order valence-corrected chi connectivity index (χ1v) is 54.0. The second-order valence-electron chi connectivity index (χ2n) is 30.6. The number of hydrogen-bond acceptors (Lipinski definition) is 16. The summed E-state index contributed by atoms with van der Waals surface area (Å²) in [6.45, 7) is 33.7. The number of ether oxygens (including phenoxy) is 6. The number of allylic oxidation sites excluding steroid dienone is 2. The zero-order valence-corrected chi connectivity index (χ0v) is 76.0. The van der Waals surface area contributed by atoms with Crippen LogP contribution >= 0.6 is 23.5 Å². The van der Waals surface area contributed by atoms with Crippen LogP contribution in [0, 0.1) is 0 Å². The van der Waals surface area contributed by atoms with Crippen LogP contribution in [0.3, 0.4) is 0 Å². The van der Waals surface area contributed by atoms with Crippen molar-refractivity contribution in [3.8, 4) is 46.0 Å². The van der Waals surface area contributed by atoms with E-state index in [9.17, 15) is 42.8 Å². The third-order valence-corrected chi connectivity index (χ3v) is 42.2. The highest BCUT2D eigenvalue weighted by Crippen LogP contribution is 2.44. The van der Waals surface area contributed by atoms with E-state index in [2.05, 4.69) is 119 Å². The van der Waals surface area contributed by atoms with Crippen LogP contribution in [0.25, 0.3) is 4.91 Å². The van der Waals surface area contributed by atoms with Crippen molar-refractivity contribution in [2.24, 2.45) is 0 Å². The number of benzene rings is 8. The summed E-state index contributed by atoms with van der Waals surface area (Å²) in [7, 11) is -17.6. The van der Waals surface area contributed by atoms with Gasteiger partial charge in [0.05, 0.1) is 67.6 Å². The fourth-order valence-corrected chi connectivity index (χ4v) is 27.4. The fourth-order valence-electron chi connectivity index (χ4n) is 14.5. The molecule has 0 aromatic heterocycles. The Kier molecular flexibility index (Phi) is 34.3. The number of thioether (sulfide) groups is 2. The average Bonchev–Trinajstić information content (AvgIpc) is 0.781. The predicted octanol–water partition coefficient (Wildman–Crippen LogP) is 24.0. The van der Waals surface area contributed by atoms with Crippen molar-refractivity contribution in [1.29, 1.82) is 0 Å². The van der Waals surface area contributed by atoms with Crippen LogP contribution in [0.5, 0.6) is 46.0 Å². The highest BCUT2D eigenvalue weighted by molar-refractivity contribution is 8.08. The molecule has 0 bridgehead atoms. The highest BCUT2D eigenvalue weighted by Gasteiger charge is 2.32. The lowest BCUT2D eigenvalue weighted by Crippen LogP contribution is -2.31. The molecule has 0 radical (unpaired) electrons. The largest absolute Gasteiger partial charge is 0.497 e. The van der Waals surface area contributed by atoms with Crippen LogP contribution in [0.2, 0.25) is 48.4 Å². The quantitative estimate of drug-likeness (QED) is 0.0119. The van der Waals surface area contributed by atoms with E-state index in [0.717, 1.165) is 95.4 Å². The lowest BCUT2D eigenvalue weighted by atomic mass is 9.76. The van der Waals surface area contributed by atoms with Crippen molar-refractivity contribution in [1.82, 2.24) is 0 Å². The molecule has 0 atom stereocenters. The van der Waals surface area contributed by atoms with Gasteiger partial charge >= 0.3 is 0 Å². The fraction of sp³-hybridized carbons (Fsp3) is 0.407. The number of aryl methyl sites for hydroxylation is 2. The molecule has 0 saturated heterocycles. The number of methoxy groups -OCH3 is 1. The van der Waals surface area contributed by atoms with Crippen LogP contribution in [0.4, 0.5) is 0 Å². The molecule has 24 heteroatoms. The molecule has 2 N–H and O–H groups in total. The molecule has 0 fully saturated rings. The van der Waals surface area contributed by atoms with E-state index in [0.29, 0.717) is 75.4 Å². The zero-order chi connectivity index (χ0) is 83.8. The summed E-state index contributed by atoms with van der Waals surface area (Å²) in [5, 5.41) is 0. The van der Waals surface area contributed by atoms with Crippen LogP contribution in [-0.2, 0) is 74.1 Å². The topological polar surface area (TPSA) is 232 Å². The van der Waals surface area contributed by atoms with Gasteiger partial charge in [-0.25, -0.2) is 16.8 Å². The minimum atomic E-state index is -4.21. The predicted molar refractivity (Wildman–Crippen MR) is 478 cm³/mol. The van der Waals surface area contributed by atoms with E-state index in [1.807, 2.05) is 49.4 Å². The van der Waals surface area contributed by atoms with E-state index in [-0.39, 0.29) is 37.5 Å². The first kappa shape index (κ1) is 93.1. The maximum Gasteiger partial charge on any atom is 0.265 e. The van der Waals surface area contributed by atoms with E-state index < -0.39 is 72.6 Å². The SMILES string of the molecule is C=CC(=CC)OCCCCCOc1ccc(C(C)(C)c2ccc(Oc3ccc(S(=O)(=O)c4ccc(Oc5ccc(C(C)(C)c6ccc(Oc7ccc(S(=O)(=O)c8ccc(OC)cc8)cc7)c(CCC[Si](CC)(CC)CC)c6)cc5CCC[Si](CC)(CC)CC)cc4)cc3)c(CSCCCS(=O)(=O)O)c2)cc1C(=C)SCCS(=O)(=O)O. The Labute approximate surface area is 697 Å². The van der Waals surface area contributed by atoms with Gasteiger partial charge in [-0.15, -0.1) is 11.8 Å². The Hall–Kier alpha value is -7.37. The number of rotatable bonds is 49. The van der Waals surface area contributed by atoms with Crippen molar-refractivity contribution in [2.75, 3.05) is 43.3 Å². The minimum Gasteiger partial charge on any atom is -0.497 e. The lowest BCUT2D eigenvalue weighted by Gasteiger charge is -2.30. The molecule has 0 unspecified atom stereocenters. The van der Waals surface area contributed by atoms with Gasteiger partial charge in [-0.3, -0.25) is 9.11 Å². The highest BCUT2D eigenvalue weighted by atomic mass is 32.2. The Morgan fingerprint density at radius 3 is 1.21 bits per heavy atom. The van der Waals surface area contributed by atoms with E-state index in [1.165, 1.54) is 84.0 Å². The van der Waals surface area contributed by atoms with Gasteiger partial charge in [0.1, 0.15) is 51.8 Å². The molecule has 0 amide bonds. The third-order valence-electron chi connectivity index (χ3n) is 23.0. The van der Waals surface area contributed by atoms with Gasteiger partial charge < -0.3 is 28.4 Å². The Balaban J connectivity index is 1.03. The average molecular weight is 1720 g/mol. The summed E-state index contributed by atoms with van der Waals surface area (Å²) in [5.41, 5.74) is 6.55. The van der Waals surface area contributed by atoms with Crippen molar-refractivity contribution in [3.63, 3.8) is 0 Å². The van der Waals surface area contributed by atoms with E-state index in [4.69, 9.17) is 28.4 Å². The maximum atomic E-state index is 14.5. The van der Waals surface area contributed by atoms with Crippen LogP contribution < -0.4 is 23.7 Å². The first-order valence-electron chi connectivity index (χ1n) is 40.0. The molecule has 622 valence electrons. The summed E-state index contributed by atoms with van der Waals surface area (Å²) in [5.74, 6) is 5.28. The molecule has 115 heavy (non-hydrogen) atoms. The molecule has 0 heterocycles. The first-order chi connectivity index (χ1) is 54.6. The summed E-state index contributed by atoms with van der Waals surface area (Å²) in [6.07, 6.45) is 9.84. The molecule has 8 aromatic rings. The molecule has 0 aliphatic heterocycles. The monoisotopic (exact) mass is 1710 g/mol. The molecule has 0 spiro atoms. The number of unbranched alkanes of at least 4 members (excludes halogenated alkanes) is 2. The Morgan fingerprint density at radius 2 is 0.826 bits per heavy atom. The summed E-state index contributed by atoms with van der Waals surface area (Å²) in [4.78, 5) is 1.05. The molecule has 16 nitrogen and oxygen atoms in total. The van der Waals surface area contributed by atoms with Crippen LogP contribution in [0.1, 0.15) is 159 Å². The number of sulfone groups is 2. The molecule has 8 aromatic carbocycles. The second-order valence-corrected chi connectivity index (χ2v) is 51.1. The van der Waals surface area contributed by atoms with Crippen LogP contribution in [-0.4, -0.2) is 102 Å². The van der Waals surface area contributed by atoms with E-state index in [1.54, 1.807) is 98.1 Å². The van der Waals surface area contributed by atoms with Crippen molar-refractivity contribution in [3.05, 3.63) is 245 Å². The summed E-state index contributed by atoms with van der Waals surface area (Å²) < 4.78 is 160. The molecular weight excluding hydrogens is 1600 g/mol. The molecular formula is C91H118O16S6Si2. The van der Waals surface area contributed by atoms with Crippen molar-refractivity contribution >= 4 is 84.5 Å². The standard InChI is InChI=1S/C91H118O16S6Si2/c1-15-76(16-2)103-55-24-23-25-56-104-89-54-34-75(66-85(89)68(9)109-58-60-111(95,96)97)91(12,13)74-33-53-88(71(65-74)67-108-57-28-59-110(92,93)94)107-80-41-49-84(50-42-80)113(100,101)83-47-39-79(40-48-83)106-87-52-32-73(64-70(87)30-27-62-115(20-6,21-7)22-8)90(10,11)72-31-51-86(69(63-72)29-26-61-114(17-3,18-4)19-5)105-78-37-45-82(46-38-78)112(98,99)81-43-35-77(102-14)36-44-81/h15-16,31-54,63-66H,1,9,17-30,55-62,67H2,2-8,10-14H3,(H,92,93,94)(H,95,96,97). The van der Waals surface area contributed by atoms with Gasteiger partial charge in [-0.1, -0.05) is 186 Å². The molecule has 0 aliphatic carbocycles. The normalized spacial score (nSPS) is 12.7. The van der Waals surface area contributed by atoms with Gasteiger partial charge in [-0.2, -0.15) is 28.6 Å². The lowest BCUT2D eigenvalue weighted by molar-refractivity contribution is 0.212. The molecule has 8 rings (SSSR count). The summed E-state index contributed by atoms with van der Waals surface area (Å²) >= 11 is 2.68. The van der Waals surface area contributed by atoms with E-state index >= 15 is 0 Å². The number of hydrogen-bond donors (Lipinski definition) is 2. The van der Waals surface area contributed by atoms with Crippen LogP contribution in [0.15, 0.2) is 221 Å². The second kappa shape index (κ2) is 42.3. The summed E-state index contributed by atoms with van der Waals surface area (Å²) in [6, 6.07) is 60.3. The van der Waals surface area contributed by atoms with Crippen molar-refractivity contribution in [2.45, 2.75) is 212 Å². The van der Waals surface area contributed by atoms with Gasteiger partial charge in [-0.05, 0) is 224 Å². The third kappa shape index (κ3) is 25.8. The van der Waals surface area contributed by atoms with Gasteiger partial charge in [0.25, 0.3) is 20.2 Å². The Bertz CT molecular complexity index is 5040. The van der Waals surface area contributed by atoms with Gasteiger partial charge in [0, 0.05) is 38.4 Å². The Morgan fingerprint density at radius 1 is 0.452 bits per heavy atom. The van der Waals surface area contributed by atoms with Crippen molar-refractivity contribution < 1.29 is 71.2 Å². The maximum absolute atomic E-state index is 14.5. The molecule has 0 saturated carbocycles. The van der Waals surface area contributed by atoms with Gasteiger partial charge in [0.15, 0.2) is 0 Å². The zero-order valence-electron chi connectivity index (χ0n) is 69.1. The smallest absolute Gasteiger partial charge is 0.265 e. The minimum absolute atomic E-state index is 0.0593.